The predicted octanol–water partition coefficient (Wildman–Crippen LogP) is 6.35. The number of likely N-dealkylation sites (tertiary alicyclic amines) is 1. The number of nitriles is 1. The molecule has 1 aliphatic rings. The van der Waals surface area contributed by atoms with Gasteiger partial charge in [0.05, 0.1) is 16.4 Å². The number of ether oxygens (including phenoxy) is 1. The van der Waals surface area contributed by atoms with Gasteiger partial charge in [0, 0.05) is 32.3 Å². The molecule has 2 aromatic heterocycles. The van der Waals surface area contributed by atoms with Crippen LogP contribution >= 0.6 is 23.2 Å². The number of hydrogen-bond acceptors (Lipinski definition) is 8. The number of nitro groups is 1. The molecule has 0 atom stereocenters. The van der Waals surface area contributed by atoms with Gasteiger partial charge in [0.1, 0.15) is 16.8 Å². The maximum absolute atomic E-state index is 14.4. The van der Waals surface area contributed by atoms with Crippen molar-refractivity contribution in [2.45, 2.75) is 66.0 Å². The molecule has 10 nitrogen and oxygen atoms in total. The zero-order valence-electron chi connectivity index (χ0n) is 20.5. The van der Waals surface area contributed by atoms with Crippen molar-refractivity contribution in [2.75, 3.05) is 18.4 Å². The van der Waals surface area contributed by atoms with E-state index in [1.165, 1.54) is 13.1 Å². The standard InChI is InChI=1S/C18H20Cl2FN5O4.C2H3N.C2H6/c1-18(2,3)30-17(27)25-6-4-9(5-7-25)23-13-10-8-22-15(19)11(21)12(10)24-16(20)14(13)26(28)29;1-2-3;1-2/h8-9H,4-7H2,1-3H3,(H,23,24);1H3;1-2H3. The molecule has 3 rings (SSSR count). The highest BCUT2D eigenvalue weighted by atomic mass is 35.5. The minimum Gasteiger partial charge on any atom is -0.444 e. The van der Waals surface area contributed by atoms with Crippen LogP contribution in [0.1, 0.15) is 54.4 Å². The highest BCUT2D eigenvalue weighted by Gasteiger charge is 2.31. The van der Waals surface area contributed by atoms with Crippen molar-refractivity contribution in [3.8, 4) is 6.07 Å². The van der Waals surface area contributed by atoms with Crippen molar-refractivity contribution in [1.29, 1.82) is 5.26 Å². The lowest BCUT2D eigenvalue weighted by Crippen LogP contribution is -2.44. The fourth-order valence-electron chi connectivity index (χ4n) is 3.18. The average molecular weight is 531 g/mol. The van der Waals surface area contributed by atoms with E-state index in [4.69, 9.17) is 33.2 Å². The number of carbonyl (C=O) groups excluding carboxylic acids is 1. The minimum atomic E-state index is -0.909. The molecule has 1 fully saturated rings. The van der Waals surface area contributed by atoms with E-state index in [1.807, 2.05) is 13.8 Å². The molecule has 0 spiro atoms. The summed E-state index contributed by atoms with van der Waals surface area (Å²) in [6.45, 7) is 11.6. The lowest BCUT2D eigenvalue weighted by atomic mass is 10.0. The summed E-state index contributed by atoms with van der Waals surface area (Å²) in [7, 11) is 0. The Balaban J connectivity index is 0.00000114. The van der Waals surface area contributed by atoms with Crippen LogP contribution in [0.3, 0.4) is 0 Å². The number of fused-ring (bicyclic) bond motifs is 1. The molecule has 0 unspecified atom stereocenters. The summed E-state index contributed by atoms with van der Waals surface area (Å²) < 4.78 is 19.7. The number of hydrogen-bond donors (Lipinski definition) is 1. The number of amides is 1. The topological polar surface area (TPSA) is 134 Å². The molecule has 1 N–H and O–H groups in total. The van der Waals surface area contributed by atoms with E-state index in [0.717, 1.165) is 0 Å². The Morgan fingerprint density at radius 2 is 1.86 bits per heavy atom. The van der Waals surface area contributed by atoms with E-state index >= 15 is 0 Å². The Hall–Kier alpha value is -2.97. The quantitative estimate of drug-likeness (QED) is 0.275. The Morgan fingerprint density at radius 3 is 2.34 bits per heavy atom. The van der Waals surface area contributed by atoms with E-state index < -0.39 is 38.4 Å². The number of pyridine rings is 2. The maximum atomic E-state index is 14.4. The van der Waals surface area contributed by atoms with Crippen molar-refractivity contribution in [1.82, 2.24) is 14.9 Å². The molecule has 0 aromatic carbocycles. The lowest BCUT2D eigenvalue weighted by molar-refractivity contribution is -0.384. The molecule has 35 heavy (non-hydrogen) atoms. The number of halogens is 3. The van der Waals surface area contributed by atoms with E-state index in [2.05, 4.69) is 15.3 Å². The van der Waals surface area contributed by atoms with E-state index in [9.17, 15) is 19.3 Å². The van der Waals surface area contributed by atoms with Crippen LogP contribution in [0.15, 0.2) is 6.20 Å². The van der Waals surface area contributed by atoms with Crippen LogP contribution in [0, 0.1) is 27.3 Å². The number of nitrogens with zero attached hydrogens (tertiary/aromatic N) is 5. The van der Waals surface area contributed by atoms with Gasteiger partial charge in [-0.3, -0.25) is 10.1 Å². The van der Waals surface area contributed by atoms with Crippen LogP contribution in [-0.4, -0.2) is 50.6 Å². The molecule has 0 aliphatic carbocycles. The SMILES string of the molecule is CC.CC#N.CC(C)(C)OC(=O)N1CCC(Nc2c([N+](=O)[O-])c(Cl)nc3c(F)c(Cl)ncc23)CC1. The van der Waals surface area contributed by atoms with E-state index in [1.54, 1.807) is 31.7 Å². The first kappa shape index (κ1) is 30.1. The molecule has 0 bridgehead atoms. The third kappa shape index (κ3) is 8.04. The van der Waals surface area contributed by atoms with Gasteiger partial charge in [-0.1, -0.05) is 37.0 Å². The van der Waals surface area contributed by atoms with Gasteiger partial charge < -0.3 is 15.0 Å². The summed E-state index contributed by atoms with van der Waals surface area (Å²) in [6, 6.07) is 1.53. The molecule has 3 heterocycles. The Bertz CT molecular complexity index is 1100. The van der Waals surface area contributed by atoms with Gasteiger partial charge in [-0.25, -0.2) is 19.2 Å². The predicted molar refractivity (Wildman–Crippen MR) is 133 cm³/mol. The number of rotatable bonds is 3. The smallest absolute Gasteiger partial charge is 0.410 e. The molecule has 0 saturated carbocycles. The van der Waals surface area contributed by atoms with Crippen LogP contribution in [0.4, 0.5) is 20.6 Å². The zero-order chi connectivity index (χ0) is 26.9. The van der Waals surface area contributed by atoms with Gasteiger partial charge in [0.2, 0.25) is 5.15 Å². The van der Waals surface area contributed by atoms with E-state index in [-0.39, 0.29) is 22.6 Å². The molecule has 0 radical (unpaired) electrons. The first-order chi connectivity index (χ1) is 16.4. The number of aromatic nitrogens is 2. The second-order valence-corrected chi connectivity index (χ2v) is 8.83. The summed E-state index contributed by atoms with van der Waals surface area (Å²) in [5, 5.41) is 21.2. The molecule has 192 valence electrons. The minimum absolute atomic E-state index is 0.0220. The first-order valence-electron chi connectivity index (χ1n) is 10.9. The molecule has 13 heteroatoms. The summed E-state index contributed by atoms with van der Waals surface area (Å²) in [4.78, 5) is 32.2. The summed E-state index contributed by atoms with van der Waals surface area (Å²) in [5.41, 5.74) is -1.26. The van der Waals surface area contributed by atoms with Gasteiger partial charge in [0.25, 0.3) is 0 Å². The van der Waals surface area contributed by atoms with Gasteiger partial charge in [-0.15, -0.1) is 0 Å². The van der Waals surface area contributed by atoms with Gasteiger partial charge in [0.15, 0.2) is 11.0 Å². The lowest BCUT2D eigenvalue weighted by Gasteiger charge is -2.34. The number of nitrogens with one attached hydrogen (secondary N) is 1. The van der Waals surface area contributed by atoms with Crippen molar-refractivity contribution < 1.29 is 18.8 Å². The number of carbonyl (C=O) groups is 1. The monoisotopic (exact) mass is 530 g/mol. The van der Waals surface area contributed by atoms with Gasteiger partial charge in [-0.2, -0.15) is 5.26 Å². The van der Waals surface area contributed by atoms with Crippen molar-refractivity contribution in [2.24, 2.45) is 0 Å². The normalized spacial score (nSPS) is 13.5. The third-order valence-electron chi connectivity index (χ3n) is 4.54. The molecule has 1 amide bonds. The highest BCUT2D eigenvalue weighted by molar-refractivity contribution is 6.33. The summed E-state index contributed by atoms with van der Waals surface area (Å²) >= 11 is 11.7. The molecule has 1 aliphatic heterocycles. The number of anilines is 1. The first-order valence-corrected chi connectivity index (χ1v) is 11.7. The fourth-order valence-corrected chi connectivity index (χ4v) is 3.57. The fraction of sp³-hybridized carbons (Fsp3) is 0.545. The third-order valence-corrected chi connectivity index (χ3v) is 5.07. The Morgan fingerprint density at radius 1 is 1.31 bits per heavy atom. The largest absolute Gasteiger partial charge is 0.444 e. The van der Waals surface area contributed by atoms with Crippen LogP contribution < -0.4 is 5.32 Å². The molecular formula is C22H29Cl2FN6O4. The van der Waals surface area contributed by atoms with E-state index in [0.29, 0.717) is 25.9 Å². The Kier molecular flexibility index (Phi) is 11.3. The molecule has 2 aromatic rings. The van der Waals surface area contributed by atoms with Crippen molar-refractivity contribution >= 4 is 51.6 Å². The van der Waals surface area contributed by atoms with Gasteiger partial charge >= 0.3 is 11.8 Å². The van der Waals surface area contributed by atoms with Crippen molar-refractivity contribution in [3.63, 3.8) is 0 Å². The second kappa shape index (κ2) is 13.2. The van der Waals surface area contributed by atoms with Crippen LogP contribution in [0.5, 0.6) is 0 Å². The zero-order valence-corrected chi connectivity index (χ0v) is 22.0. The Labute approximate surface area is 213 Å². The second-order valence-electron chi connectivity index (χ2n) is 8.12. The van der Waals surface area contributed by atoms with Crippen molar-refractivity contribution in [3.05, 3.63) is 32.4 Å². The van der Waals surface area contributed by atoms with Crippen LogP contribution in [0.2, 0.25) is 10.3 Å². The molecule has 1 saturated heterocycles. The summed E-state index contributed by atoms with van der Waals surface area (Å²) in [5.74, 6) is -0.909. The van der Waals surface area contributed by atoms with Crippen LogP contribution in [-0.2, 0) is 4.74 Å². The average Bonchev–Trinajstić information content (AvgIpc) is 2.77. The molecular weight excluding hydrogens is 502 g/mol. The number of piperidine rings is 1. The maximum Gasteiger partial charge on any atom is 0.410 e. The van der Waals surface area contributed by atoms with Crippen LogP contribution in [0.25, 0.3) is 10.9 Å². The van der Waals surface area contributed by atoms with Gasteiger partial charge in [-0.05, 0) is 33.6 Å². The summed E-state index contributed by atoms with van der Waals surface area (Å²) in [6.07, 6.45) is 1.81. The highest BCUT2D eigenvalue weighted by Crippen LogP contribution is 2.39.